The first-order valence-corrected chi connectivity index (χ1v) is 8.90. The van der Waals surface area contributed by atoms with Gasteiger partial charge in [0, 0.05) is 19.0 Å². The monoisotopic (exact) mass is 332 g/mol. The number of methoxy groups -OCH3 is 1. The molecule has 0 bridgehead atoms. The van der Waals surface area contributed by atoms with Crippen LogP contribution in [-0.4, -0.2) is 48.4 Å². The first kappa shape index (κ1) is 17.1. The number of amides is 2. The summed E-state index contributed by atoms with van der Waals surface area (Å²) in [4.78, 5) is 14.2. The van der Waals surface area contributed by atoms with Crippen molar-refractivity contribution in [2.75, 3.05) is 26.7 Å². The van der Waals surface area contributed by atoms with Crippen molar-refractivity contribution < 1.29 is 14.6 Å². The summed E-state index contributed by atoms with van der Waals surface area (Å²) < 4.78 is 5.31. The van der Waals surface area contributed by atoms with Gasteiger partial charge >= 0.3 is 6.03 Å². The number of nitrogens with one attached hydrogen (secondary N) is 1. The van der Waals surface area contributed by atoms with Crippen molar-refractivity contribution in [3.05, 3.63) is 29.3 Å². The first-order chi connectivity index (χ1) is 11.5. The lowest BCUT2D eigenvalue weighted by Crippen LogP contribution is -2.52. The number of piperidine rings is 1. The average molecular weight is 332 g/mol. The summed E-state index contributed by atoms with van der Waals surface area (Å²) in [5.74, 6) is 1.25. The maximum Gasteiger partial charge on any atom is 0.317 e. The topological polar surface area (TPSA) is 61.8 Å². The zero-order valence-electron chi connectivity index (χ0n) is 14.7. The van der Waals surface area contributed by atoms with Crippen LogP contribution in [0.25, 0.3) is 0 Å². The maximum atomic E-state index is 12.4. The lowest BCUT2D eigenvalue weighted by atomic mass is 9.82. The van der Waals surface area contributed by atoms with Gasteiger partial charge in [-0.2, -0.15) is 0 Å². The summed E-state index contributed by atoms with van der Waals surface area (Å²) in [6.07, 6.45) is 4.92. The standard InChI is InChI=1S/C19H28N2O3/c1-19(23)9-4-10-21(13-19)18(22)20-12-15-6-3-5-14-11-16(24-2)7-8-17(14)15/h7-8,11,15,23H,3-6,9-10,12-13H2,1-2H3,(H,20,22)/t15-,19+/m0/s1. The summed E-state index contributed by atoms with van der Waals surface area (Å²) in [6.45, 7) is 3.59. The van der Waals surface area contributed by atoms with Gasteiger partial charge in [0.1, 0.15) is 5.75 Å². The molecule has 2 amide bonds. The summed E-state index contributed by atoms with van der Waals surface area (Å²) in [5.41, 5.74) is 1.90. The summed E-state index contributed by atoms with van der Waals surface area (Å²) >= 11 is 0. The van der Waals surface area contributed by atoms with E-state index in [1.54, 1.807) is 18.9 Å². The molecular formula is C19H28N2O3. The Balaban J connectivity index is 1.60. The van der Waals surface area contributed by atoms with E-state index in [1.807, 2.05) is 6.07 Å². The Labute approximate surface area is 144 Å². The number of urea groups is 1. The third-order valence-electron chi connectivity index (χ3n) is 5.25. The van der Waals surface area contributed by atoms with Crippen LogP contribution < -0.4 is 10.1 Å². The number of likely N-dealkylation sites (tertiary alicyclic amines) is 1. The van der Waals surface area contributed by atoms with Gasteiger partial charge in [-0.15, -0.1) is 0 Å². The van der Waals surface area contributed by atoms with Crippen LogP contribution in [0.3, 0.4) is 0 Å². The Morgan fingerprint density at radius 2 is 2.29 bits per heavy atom. The van der Waals surface area contributed by atoms with E-state index in [-0.39, 0.29) is 6.03 Å². The minimum Gasteiger partial charge on any atom is -0.497 e. The van der Waals surface area contributed by atoms with Crippen LogP contribution in [-0.2, 0) is 6.42 Å². The molecule has 2 aliphatic rings. The number of hydrogen-bond acceptors (Lipinski definition) is 3. The van der Waals surface area contributed by atoms with Gasteiger partial charge in [-0.1, -0.05) is 6.07 Å². The highest BCUT2D eigenvalue weighted by Gasteiger charge is 2.31. The van der Waals surface area contributed by atoms with Crippen molar-refractivity contribution in [3.63, 3.8) is 0 Å². The molecular weight excluding hydrogens is 304 g/mol. The number of rotatable bonds is 3. The fourth-order valence-corrected chi connectivity index (χ4v) is 3.95. The van der Waals surface area contributed by atoms with E-state index < -0.39 is 5.60 Å². The summed E-state index contributed by atoms with van der Waals surface area (Å²) in [5, 5.41) is 13.2. The van der Waals surface area contributed by atoms with Crippen molar-refractivity contribution in [2.24, 2.45) is 0 Å². The number of fused-ring (bicyclic) bond motifs is 1. The number of aryl methyl sites for hydroxylation is 1. The molecule has 0 spiro atoms. The molecule has 1 saturated heterocycles. The molecule has 132 valence electrons. The Bertz CT molecular complexity index is 600. The molecule has 0 unspecified atom stereocenters. The molecule has 5 heteroatoms. The molecule has 0 aromatic heterocycles. The highest BCUT2D eigenvalue weighted by atomic mass is 16.5. The van der Waals surface area contributed by atoms with E-state index in [9.17, 15) is 9.90 Å². The fraction of sp³-hybridized carbons (Fsp3) is 0.632. The van der Waals surface area contributed by atoms with E-state index in [1.165, 1.54) is 11.1 Å². The van der Waals surface area contributed by atoms with Gasteiger partial charge < -0.3 is 20.1 Å². The smallest absolute Gasteiger partial charge is 0.317 e. The van der Waals surface area contributed by atoms with Gasteiger partial charge in [-0.05, 0) is 62.3 Å². The van der Waals surface area contributed by atoms with Crippen molar-refractivity contribution in [3.8, 4) is 5.75 Å². The molecule has 2 N–H and O–H groups in total. The van der Waals surface area contributed by atoms with E-state index in [0.717, 1.165) is 44.4 Å². The lowest BCUT2D eigenvalue weighted by Gasteiger charge is -2.37. The third-order valence-corrected chi connectivity index (χ3v) is 5.25. The van der Waals surface area contributed by atoms with Gasteiger partial charge in [-0.3, -0.25) is 0 Å². The SMILES string of the molecule is COc1ccc2c(c1)CCC[C@H]2CNC(=O)N1CCC[C@@](C)(O)C1. The largest absolute Gasteiger partial charge is 0.497 e. The lowest BCUT2D eigenvalue weighted by molar-refractivity contribution is -0.00251. The van der Waals surface area contributed by atoms with Crippen LogP contribution in [0, 0.1) is 0 Å². The minimum absolute atomic E-state index is 0.0596. The molecule has 0 saturated carbocycles. The Kier molecular flexibility index (Phi) is 4.99. The number of carbonyl (C=O) groups is 1. The molecule has 1 aromatic carbocycles. The number of β-amino-alcohol motifs (C(OH)–C–C–N with tert-alkyl or cyclic N) is 1. The predicted molar refractivity (Wildman–Crippen MR) is 93.5 cm³/mol. The number of carbonyl (C=O) groups excluding carboxylic acids is 1. The number of nitrogens with zero attached hydrogens (tertiary/aromatic N) is 1. The second-order valence-corrected chi connectivity index (χ2v) is 7.36. The van der Waals surface area contributed by atoms with Crippen molar-refractivity contribution in [1.82, 2.24) is 10.2 Å². The highest BCUT2D eigenvalue weighted by Crippen LogP contribution is 2.33. The van der Waals surface area contributed by atoms with Crippen LogP contribution in [0.15, 0.2) is 18.2 Å². The molecule has 1 aliphatic carbocycles. The highest BCUT2D eigenvalue weighted by molar-refractivity contribution is 5.74. The molecule has 24 heavy (non-hydrogen) atoms. The van der Waals surface area contributed by atoms with Crippen LogP contribution in [0.5, 0.6) is 5.75 Å². The molecule has 0 radical (unpaired) electrons. The van der Waals surface area contributed by atoms with Gasteiger partial charge in [0.25, 0.3) is 0 Å². The third kappa shape index (κ3) is 3.83. The normalized spacial score (nSPS) is 26.6. The van der Waals surface area contributed by atoms with E-state index in [4.69, 9.17) is 4.74 Å². The second kappa shape index (κ2) is 7.01. The molecule has 1 aliphatic heterocycles. The molecule has 5 nitrogen and oxygen atoms in total. The van der Waals surface area contributed by atoms with Gasteiger partial charge in [-0.25, -0.2) is 4.79 Å². The average Bonchev–Trinajstić information content (AvgIpc) is 2.58. The molecule has 3 rings (SSSR count). The summed E-state index contributed by atoms with van der Waals surface area (Å²) in [7, 11) is 1.69. The molecule has 1 aromatic rings. The Morgan fingerprint density at radius 1 is 1.46 bits per heavy atom. The van der Waals surface area contributed by atoms with E-state index >= 15 is 0 Å². The van der Waals surface area contributed by atoms with Crippen LogP contribution in [0.1, 0.15) is 49.7 Å². The van der Waals surface area contributed by atoms with Crippen LogP contribution in [0.2, 0.25) is 0 Å². The number of ether oxygens (including phenoxy) is 1. The van der Waals surface area contributed by atoms with Crippen LogP contribution in [0.4, 0.5) is 4.79 Å². The van der Waals surface area contributed by atoms with Crippen molar-refractivity contribution >= 4 is 6.03 Å². The second-order valence-electron chi connectivity index (χ2n) is 7.36. The van der Waals surface area contributed by atoms with Crippen molar-refractivity contribution in [2.45, 2.75) is 50.5 Å². The quantitative estimate of drug-likeness (QED) is 0.894. The Morgan fingerprint density at radius 3 is 3.04 bits per heavy atom. The maximum absolute atomic E-state index is 12.4. The fourth-order valence-electron chi connectivity index (χ4n) is 3.95. The Hall–Kier alpha value is -1.75. The first-order valence-electron chi connectivity index (χ1n) is 8.90. The molecule has 1 heterocycles. The van der Waals surface area contributed by atoms with Gasteiger partial charge in [0.05, 0.1) is 19.3 Å². The van der Waals surface area contributed by atoms with Gasteiger partial charge in [0.2, 0.25) is 0 Å². The summed E-state index contributed by atoms with van der Waals surface area (Å²) in [6, 6.07) is 6.19. The zero-order chi connectivity index (χ0) is 17.2. The predicted octanol–water partition coefficient (Wildman–Crippen LogP) is 2.67. The number of hydrogen-bond donors (Lipinski definition) is 2. The number of aliphatic hydroxyl groups is 1. The van der Waals surface area contributed by atoms with E-state index in [2.05, 4.69) is 17.4 Å². The van der Waals surface area contributed by atoms with Crippen LogP contribution >= 0.6 is 0 Å². The zero-order valence-corrected chi connectivity index (χ0v) is 14.7. The molecule has 2 atom stereocenters. The van der Waals surface area contributed by atoms with Gasteiger partial charge in [0.15, 0.2) is 0 Å². The molecule has 1 fully saturated rings. The van der Waals surface area contributed by atoms with E-state index in [0.29, 0.717) is 19.0 Å². The van der Waals surface area contributed by atoms with Crippen molar-refractivity contribution in [1.29, 1.82) is 0 Å². The number of benzene rings is 1. The minimum atomic E-state index is -0.760.